The van der Waals surface area contributed by atoms with Crippen molar-refractivity contribution in [3.05, 3.63) is 47.9 Å². The molecule has 0 aliphatic carbocycles. The van der Waals surface area contributed by atoms with Crippen molar-refractivity contribution in [3.63, 3.8) is 0 Å². The average Bonchev–Trinajstić information content (AvgIpc) is 2.34. The molecule has 3 N–H and O–H groups in total. The van der Waals surface area contributed by atoms with Gasteiger partial charge in [-0.1, -0.05) is 11.8 Å². The molecule has 0 aliphatic rings. The SMILES string of the molecule is N=C(N)c1nccnc1Sc1ccc(F)c(F)c1. The molecule has 1 heterocycles. The third kappa shape index (κ3) is 2.62. The molecule has 7 heteroatoms. The minimum absolute atomic E-state index is 0.215. The average molecular weight is 266 g/mol. The van der Waals surface area contributed by atoms with Gasteiger partial charge in [-0.3, -0.25) is 5.41 Å². The Morgan fingerprint density at radius 2 is 1.89 bits per heavy atom. The maximum absolute atomic E-state index is 13.0. The highest BCUT2D eigenvalue weighted by molar-refractivity contribution is 7.99. The van der Waals surface area contributed by atoms with Gasteiger partial charge in [-0.15, -0.1) is 0 Å². The van der Waals surface area contributed by atoms with Crippen LogP contribution < -0.4 is 5.73 Å². The van der Waals surface area contributed by atoms with Gasteiger partial charge in [-0.25, -0.2) is 18.7 Å². The largest absolute Gasteiger partial charge is 0.382 e. The Kier molecular flexibility index (Phi) is 3.52. The van der Waals surface area contributed by atoms with E-state index in [-0.39, 0.29) is 11.5 Å². The van der Waals surface area contributed by atoms with E-state index in [4.69, 9.17) is 11.1 Å². The lowest BCUT2D eigenvalue weighted by atomic mass is 10.3. The molecule has 4 nitrogen and oxygen atoms in total. The number of hydrogen-bond acceptors (Lipinski definition) is 4. The van der Waals surface area contributed by atoms with Crippen LogP contribution in [0.1, 0.15) is 5.69 Å². The maximum Gasteiger partial charge on any atom is 0.159 e. The summed E-state index contributed by atoms with van der Waals surface area (Å²) in [6.45, 7) is 0. The van der Waals surface area contributed by atoms with Gasteiger partial charge in [-0.05, 0) is 18.2 Å². The zero-order valence-corrected chi connectivity index (χ0v) is 9.84. The van der Waals surface area contributed by atoms with Gasteiger partial charge < -0.3 is 5.73 Å². The molecule has 18 heavy (non-hydrogen) atoms. The third-order valence-electron chi connectivity index (χ3n) is 2.03. The van der Waals surface area contributed by atoms with Crippen LogP contribution in [-0.2, 0) is 0 Å². The number of amidine groups is 1. The number of halogens is 2. The highest BCUT2D eigenvalue weighted by Crippen LogP contribution is 2.28. The van der Waals surface area contributed by atoms with E-state index in [0.29, 0.717) is 9.92 Å². The first kappa shape index (κ1) is 12.4. The molecule has 0 saturated carbocycles. The fraction of sp³-hybridized carbons (Fsp3) is 0. The van der Waals surface area contributed by atoms with E-state index >= 15 is 0 Å². The number of nitrogens with two attached hydrogens (primary N) is 1. The Balaban J connectivity index is 2.34. The molecule has 0 spiro atoms. The fourth-order valence-electron chi connectivity index (χ4n) is 1.24. The Hall–Kier alpha value is -2.02. The lowest BCUT2D eigenvalue weighted by Crippen LogP contribution is -2.14. The summed E-state index contributed by atoms with van der Waals surface area (Å²) in [5.41, 5.74) is 5.57. The van der Waals surface area contributed by atoms with Gasteiger partial charge >= 0.3 is 0 Å². The van der Waals surface area contributed by atoms with Gasteiger partial charge in [0.2, 0.25) is 0 Å². The van der Waals surface area contributed by atoms with Gasteiger partial charge in [0, 0.05) is 17.3 Å². The van der Waals surface area contributed by atoms with E-state index in [9.17, 15) is 8.78 Å². The normalized spacial score (nSPS) is 10.3. The standard InChI is InChI=1S/C11H8F2N4S/c12-7-2-1-6(5-8(7)13)18-11-9(10(14)15)16-3-4-17-11/h1-5H,(H3,14,15). The first-order valence-electron chi connectivity index (χ1n) is 4.86. The highest BCUT2D eigenvalue weighted by atomic mass is 32.2. The number of nitrogens with one attached hydrogen (secondary N) is 1. The number of nitrogen functional groups attached to an aromatic ring is 1. The number of hydrogen-bond donors (Lipinski definition) is 2. The third-order valence-corrected chi connectivity index (χ3v) is 3.01. The van der Waals surface area contributed by atoms with Crippen molar-refractivity contribution in [3.8, 4) is 0 Å². The molecule has 0 fully saturated rings. The van der Waals surface area contributed by atoms with Crippen molar-refractivity contribution in [2.45, 2.75) is 9.92 Å². The Morgan fingerprint density at radius 1 is 1.17 bits per heavy atom. The summed E-state index contributed by atoms with van der Waals surface area (Å²) >= 11 is 1.06. The quantitative estimate of drug-likeness (QED) is 0.659. The fourth-order valence-corrected chi connectivity index (χ4v) is 2.13. The second-order valence-electron chi connectivity index (χ2n) is 3.30. The predicted molar refractivity (Wildman–Crippen MR) is 63.5 cm³/mol. The van der Waals surface area contributed by atoms with E-state index < -0.39 is 11.6 Å². The van der Waals surface area contributed by atoms with Crippen LogP contribution in [0.5, 0.6) is 0 Å². The molecular formula is C11H8F2N4S. The molecule has 0 unspecified atom stereocenters. The van der Waals surface area contributed by atoms with Crippen LogP contribution in [0.25, 0.3) is 0 Å². The molecule has 1 aromatic carbocycles. The van der Waals surface area contributed by atoms with Gasteiger partial charge in [0.1, 0.15) is 16.6 Å². The number of nitrogens with zero attached hydrogens (tertiary/aromatic N) is 2. The van der Waals surface area contributed by atoms with E-state index in [1.807, 2.05) is 0 Å². The summed E-state index contributed by atoms with van der Waals surface area (Å²) < 4.78 is 25.8. The first-order chi connectivity index (χ1) is 8.58. The van der Waals surface area contributed by atoms with Crippen molar-refractivity contribution in [2.24, 2.45) is 5.73 Å². The van der Waals surface area contributed by atoms with Crippen LogP contribution in [0.2, 0.25) is 0 Å². The molecule has 92 valence electrons. The summed E-state index contributed by atoms with van der Waals surface area (Å²) in [6.07, 6.45) is 2.85. The van der Waals surface area contributed by atoms with E-state index in [0.717, 1.165) is 23.9 Å². The lowest BCUT2D eigenvalue weighted by Gasteiger charge is -2.05. The zero-order chi connectivity index (χ0) is 13.1. The Bertz CT molecular complexity index is 603. The molecule has 0 bridgehead atoms. The number of aromatic nitrogens is 2. The monoisotopic (exact) mass is 266 g/mol. The molecule has 0 aliphatic heterocycles. The minimum atomic E-state index is -0.937. The maximum atomic E-state index is 13.0. The van der Waals surface area contributed by atoms with Crippen LogP contribution in [0.4, 0.5) is 8.78 Å². The molecule has 2 aromatic rings. The molecule has 1 aromatic heterocycles. The first-order valence-corrected chi connectivity index (χ1v) is 5.68. The predicted octanol–water partition coefficient (Wildman–Crippen LogP) is 2.19. The van der Waals surface area contributed by atoms with Gasteiger partial charge in [-0.2, -0.15) is 0 Å². The van der Waals surface area contributed by atoms with Crippen molar-refractivity contribution in [2.75, 3.05) is 0 Å². The Morgan fingerprint density at radius 3 is 2.56 bits per heavy atom. The zero-order valence-electron chi connectivity index (χ0n) is 9.02. The van der Waals surface area contributed by atoms with Crippen molar-refractivity contribution >= 4 is 17.6 Å². The van der Waals surface area contributed by atoms with Crippen molar-refractivity contribution < 1.29 is 8.78 Å². The molecule has 0 amide bonds. The van der Waals surface area contributed by atoms with Crippen molar-refractivity contribution in [1.82, 2.24) is 9.97 Å². The van der Waals surface area contributed by atoms with Crippen molar-refractivity contribution in [1.29, 1.82) is 5.41 Å². The minimum Gasteiger partial charge on any atom is -0.382 e. The van der Waals surface area contributed by atoms with Gasteiger partial charge in [0.15, 0.2) is 11.6 Å². The topological polar surface area (TPSA) is 75.7 Å². The summed E-state index contributed by atoms with van der Waals surface area (Å²) in [6, 6.07) is 3.50. The number of rotatable bonds is 3. The van der Waals surface area contributed by atoms with E-state index in [1.165, 1.54) is 18.5 Å². The molecule has 0 atom stereocenters. The Labute approximate surface area is 106 Å². The molecular weight excluding hydrogens is 258 g/mol. The number of benzene rings is 1. The highest BCUT2D eigenvalue weighted by Gasteiger charge is 2.11. The van der Waals surface area contributed by atoms with Crippen LogP contribution in [-0.4, -0.2) is 15.8 Å². The summed E-state index contributed by atoms with van der Waals surface area (Å²) in [4.78, 5) is 8.38. The molecule has 0 radical (unpaired) electrons. The van der Waals surface area contributed by atoms with Crippen LogP contribution >= 0.6 is 11.8 Å². The van der Waals surface area contributed by atoms with Crippen LogP contribution in [0, 0.1) is 17.0 Å². The van der Waals surface area contributed by atoms with Gasteiger partial charge in [0.05, 0.1) is 0 Å². The van der Waals surface area contributed by atoms with Gasteiger partial charge in [0.25, 0.3) is 0 Å². The molecule has 2 rings (SSSR count). The lowest BCUT2D eigenvalue weighted by molar-refractivity contribution is 0.506. The second-order valence-corrected chi connectivity index (χ2v) is 4.36. The van der Waals surface area contributed by atoms with E-state index in [2.05, 4.69) is 9.97 Å². The summed E-state index contributed by atoms with van der Waals surface area (Å²) in [5, 5.41) is 7.72. The van der Waals surface area contributed by atoms with E-state index in [1.54, 1.807) is 0 Å². The summed E-state index contributed by atoms with van der Waals surface area (Å²) in [7, 11) is 0. The summed E-state index contributed by atoms with van der Waals surface area (Å²) in [5.74, 6) is -2.08. The second kappa shape index (κ2) is 5.09. The smallest absolute Gasteiger partial charge is 0.159 e. The molecule has 0 saturated heterocycles. The van der Waals surface area contributed by atoms with Crippen LogP contribution in [0.15, 0.2) is 40.5 Å². The van der Waals surface area contributed by atoms with Crippen LogP contribution in [0.3, 0.4) is 0 Å².